The van der Waals surface area contributed by atoms with Gasteiger partial charge in [0.2, 0.25) is 0 Å². The number of nitrogens with zero attached hydrogens (tertiary/aromatic N) is 2. The molecular formula is C15H25N3. The molecule has 3 heteroatoms. The first-order valence-corrected chi connectivity index (χ1v) is 6.87. The highest BCUT2D eigenvalue weighted by molar-refractivity contribution is 5.48. The molecule has 1 heterocycles. The van der Waals surface area contributed by atoms with Crippen LogP contribution in [0.1, 0.15) is 19.4 Å². The lowest BCUT2D eigenvalue weighted by atomic mass is 10.1. The van der Waals surface area contributed by atoms with E-state index in [4.69, 9.17) is 5.73 Å². The molecule has 100 valence electrons. The predicted molar refractivity (Wildman–Crippen MR) is 78.1 cm³/mol. The third kappa shape index (κ3) is 2.85. The van der Waals surface area contributed by atoms with Crippen LogP contribution in [0.25, 0.3) is 0 Å². The van der Waals surface area contributed by atoms with E-state index in [1.807, 2.05) is 0 Å². The minimum absolute atomic E-state index is 0.609. The maximum Gasteiger partial charge on any atom is 0.0367 e. The molecule has 1 saturated heterocycles. The predicted octanol–water partition coefficient (Wildman–Crippen LogP) is 1.72. The Labute approximate surface area is 111 Å². The van der Waals surface area contributed by atoms with Crippen LogP contribution in [-0.2, 0) is 6.42 Å². The quantitative estimate of drug-likeness (QED) is 0.882. The summed E-state index contributed by atoms with van der Waals surface area (Å²) >= 11 is 0. The van der Waals surface area contributed by atoms with Gasteiger partial charge in [-0.2, -0.15) is 0 Å². The van der Waals surface area contributed by atoms with Crippen LogP contribution in [0, 0.1) is 0 Å². The molecule has 1 aliphatic heterocycles. The Bertz CT molecular complexity index is 362. The van der Waals surface area contributed by atoms with Gasteiger partial charge in [0.25, 0.3) is 0 Å². The smallest absolute Gasteiger partial charge is 0.0367 e. The van der Waals surface area contributed by atoms with Crippen LogP contribution in [0.15, 0.2) is 24.3 Å². The molecule has 2 unspecified atom stereocenters. The van der Waals surface area contributed by atoms with Crippen molar-refractivity contribution in [1.82, 2.24) is 4.90 Å². The monoisotopic (exact) mass is 247 g/mol. The standard InChI is InChI=1S/C15H25N3/c1-12-10-18(11-13(2)17(12)3)15-6-4-14(5-7-15)8-9-16/h4-7,12-13H,8-11,16H2,1-3H3. The molecule has 1 aromatic carbocycles. The van der Waals surface area contributed by atoms with Gasteiger partial charge in [-0.25, -0.2) is 0 Å². The van der Waals surface area contributed by atoms with Gasteiger partial charge in [-0.1, -0.05) is 12.1 Å². The first kappa shape index (κ1) is 13.4. The summed E-state index contributed by atoms with van der Waals surface area (Å²) in [4.78, 5) is 4.95. The average Bonchev–Trinajstić information content (AvgIpc) is 2.37. The van der Waals surface area contributed by atoms with E-state index >= 15 is 0 Å². The van der Waals surface area contributed by atoms with Crippen molar-refractivity contribution in [2.75, 3.05) is 31.6 Å². The minimum Gasteiger partial charge on any atom is -0.368 e. The van der Waals surface area contributed by atoms with E-state index in [-0.39, 0.29) is 0 Å². The molecule has 2 atom stereocenters. The Morgan fingerprint density at radius 2 is 1.67 bits per heavy atom. The van der Waals surface area contributed by atoms with Crippen molar-refractivity contribution in [3.05, 3.63) is 29.8 Å². The van der Waals surface area contributed by atoms with Gasteiger partial charge in [0.1, 0.15) is 0 Å². The molecule has 1 aliphatic rings. The molecule has 0 aromatic heterocycles. The maximum atomic E-state index is 5.58. The van der Waals surface area contributed by atoms with Crippen molar-refractivity contribution >= 4 is 5.69 Å². The van der Waals surface area contributed by atoms with E-state index in [2.05, 4.69) is 55.0 Å². The summed E-state index contributed by atoms with van der Waals surface area (Å²) in [6.07, 6.45) is 0.968. The molecule has 0 amide bonds. The summed E-state index contributed by atoms with van der Waals surface area (Å²) in [5.74, 6) is 0. The SMILES string of the molecule is CC1CN(c2ccc(CCN)cc2)CC(C)N1C. The van der Waals surface area contributed by atoms with Crippen LogP contribution in [-0.4, -0.2) is 43.7 Å². The topological polar surface area (TPSA) is 32.5 Å². The number of anilines is 1. The fourth-order valence-corrected chi connectivity index (χ4v) is 2.66. The van der Waals surface area contributed by atoms with Crippen molar-refractivity contribution in [3.8, 4) is 0 Å². The Morgan fingerprint density at radius 3 is 2.17 bits per heavy atom. The minimum atomic E-state index is 0.609. The van der Waals surface area contributed by atoms with Gasteiger partial charge in [-0.15, -0.1) is 0 Å². The summed E-state index contributed by atoms with van der Waals surface area (Å²) in [6.45, 7) is 7.53. The number of likely N-dealkylation sites (N-methyl/N-ethyl adjacent to an activating group) is 1. The molecule has 1 fully saturated rings. The van der Waals surface area contributed by atoms with Gasteiger partial charge in [0, 0.05) is 30.9 Å². The Hall–Kier alpha value is -1.06. The number of hydrogen-bond acceptors (Lipinski definition) is 3. The lowest BCUT2D eigenvalue weighted by molar-refractivity contribution is 0.170. The van der Waals surface area contributed by atoms with Crippen molar-refractivity contribution < 1.29 is 0 Å². The van der Waals surface area contributed by atoms with E-state index in [1.54, 1.807) is 0 Å². The first-order chi connectivity index (χ1) is 8.61. The average molecular weight is 247 g/mol. The first-order valence-electron chi connectivity index (χ1n) is 6.87. The zero-order chi connectivity index (χ0) is 13.1. The van der Waals surface area contributed by atoms with Gasteiger partial charge in [-0.3, -0.25) is 4.90 Å². The molecule has 18 heavy (non-hydrogen) atoms. The van der Waals surface area contributed by atoms with Crippen LogP contribution in [0.2, 0.25) is 0 Å². The normalized spacial score (nSPS) is 25.4. The fourth-order valence-electron chi connectivity index (χ4n) is 2.66. The van der Waals surface area contributed by atoms with E-state index in [0.29, 0.717) is 12.1 Å². The molecule has 0 bridgehead atoms. The van der Waals surface area contributed by atoms with Gasteiger partial charge >= 0.3 is 0 Å². The van der Waals surface area contributed by atoms with Crippen LogP contribution in [0.4, 0.5) is 5.69 Å². The van der Waals surface area contributed by atoms with Crippen molar-refractivity contribution in [1.29, 1.82) is 0 Å². The van der Waals surface area contributed by atoms with E-state index in [0.717, 1.165) is 26.1 Å². The molecule has 2 N–H and O–H groups in total. The largest absolute Gasteiger partial charge is 0.368 e. The van der Waals surface area contributed by atoms with Crippen molar-refractivity contribution in [3.63, 3.8) is 0 Å². The van der Waals surface area contributed by atoms with Crippen molar-refractivity contribution in [2.24, 2.45) is 5.73 Å². The summed E-state index contributed by atoms with van der Waals surface area (Å²) in [5.41, 5.74) is 8.24. The number of piperazine rings is 1. The maximum absolute atomic E-state index is 5.58. The molecule has 1 aromatic rings. The molecule has 0 radical (unpaired) electrons. The fraction of sp³-hybridized carbons (Fsp3) is 0.600. The third-order valence-electron chi connectivity index (χ3n) is 4.09. The van der Waals surface area contributed by atoms with E-state index < -0.39 is 0 Å². The highest BCUT2D eigenvalue weighted by atomic mass is 15.3. The van der Waals surface area contributed by atoms with E-state index in [9.17, 15) is 0 Å². The van der Waals surface area contributed by atoms with Crippen LogP contribution in [0.5, 0.6) is 0 Å². The number of nitrogens with two attached hydrogens (primary N) is 1. The Kier molecular flexibility index (Phi) is 4.25. The summed E-state index contributed by atoms with van der Waals surface area (Å²) in [6, 6.07) is 10.1. The number of benzene rings is 1. The lowest BCUT2D eigenvalue weighted by Gasteiger charge is -2.43. The second-order valence-electron chi connectivity index (χ2n) is 5.47. The number of hydrogen-bond donors (Lipinski definition) is 1. The third-order valence-corrected chi connectivity index (χ3v) is 4.09. The van der Waals surface area contributed by atoms with Crippen LogP contribution < -0.4 is 10.6 Å². The Morgan fingerprint density at radius 1 is 1.11 bits per heavy atom. The van der Waals surface area contributed by atoms with Gasteiger partial charge < -0.3 is 10.6 Å². The second-order valence-corrected chi connectivity index (χ2v) is 5.47. The van der Waals surface area contributed by atoms with Crippen LogP contribution >= 0.6 is 0 Å². The molecule has 0 spiro atoms. The van der Waals surface area contributed by atoms with Gasteiger partial charge in [0.15, 0.2) is 0 Å². The molecule has 2 rings (SSSR count). The lowest BCUT2D eigenvalue weighted by Crippen LogP contribution is -2.55. The van der Waals surface area contributed by atoms with Gasteiger partial charge in [0.05, 0.1) is 0 Å². The highest BCUT2D eigenvalue weighted by Crippen LogP contribution is 2.21. The summed E-state index contributed by atoms with van der Waals surface area (Å²) in [5, 5.41) is 0. The zero-order valence-corrected chi connectivity index (χ0v) is 11.8. The summed E-state index contributed by atoms with van der Waals surface area (Å²) in [7, 11) is 2.22. The summed E-state index contributed by atoms with van der Waals surface area (Å²) < 4.78 is 0. The molecule has 3 nitrogen and oxygen atoms in total. The zero-order valence-electron chi connectivity index (χ0n) is 11.8. The van der Waals surface area contributed by atoms with Gasteiger partial charge in [-0.05, 0) is 51.6 Å². The van der Waals surface area contributed by atoms with E-state index in [1.165, 1.54) is 11.3 Å². The van der Waals surface area contributed by atoms with Crippen molar-refractivity contribution in [2.45, 2.75) is 32.4 Å². The highest BCUT2D eigenvalue weighted by Gasteiger charge is 2.26. The second kappa shape index (κ2) is 5.72. The molecular weight excluding hydrogens is 222 g/mol. The van der Waals surface area contributed by atoms with Crippen LogP contribution in [0.3, 0.4) is 0 Å². The molecule has 0 saturated carbocycles. The number of rotatable bonds is 3. The molecule has 0 aliphatic carbocycles. The Balaban J connectivity index is 2.07.